The maximum Gasteiger partial charge on any atom is 0.153 e. The molecule has 7 nitrogen and oxygen atoms in total. The Hall–Kier alpha value is -2.70. The van der Waals surface area contributed by atoms with Gasteiger partial charge in [-0.15, -0.1) is 5.10 Å². The van der Waals surface area contributed by atoms with Gasteiger partial charge in [0.1, 0.15) is 18.0 Å². The van der Waals surface area contributed by atoms with Gasteiger partial charge in [0.2, 0.25) is 0 Å². The highest BCUT2D eigenvalue weighted by Gasteiger charge is 2.24. The summed E-state index contributed by atoms with van der Waals surface area (Å²) in [5.41, 5.74) is 4.50. The molecule has 1 saturated heterocycles. The summed E-state index contributed by atoms with van der Waals surface area (Å²) in [6, 6.07) is 4.11. The molecule has 4 heterocycles. The van der Waals surface area contributed by atoms with Crippen molar-refractivity contribution in [3.8, 4) is 0 Å². The Kier molecular flexibility index (Phi) is 3.33. The number of aryl methyl sites for hydroxylation is 2. The summed E-state index contributed by atoms with van der Waals surface area (Å²) in [7, 11) is 0. The van der Waals surface area contributed by atoms with Crippen LogP contribution in [0.2, 0.25) is 0 Å². The molecule has 2 aliphatic rings. The number of hydrogen-bond acceptors (Lipinski definition) is 6. The number of rotatable bonds is 2. The first-order valence-electron chi connectivity index (χ1n) is 8.93. The summed E-state index contributed by atoms with van der Waals surface area (Å²) in [5, 5.41) is 4.71. The van der Waals surface area contributed by atoms with E-state index in [1.54, 1.807) is 6.33 Å². The number of piperazine rings is 1. The molecule has 0 bridgehead atoms. The van der Waals surface area contributed by atoms with Crippen molar-refractivity contribution < 1.29 is 0 Å². The first kappa shape index (κ1) is 14.6. The second-order valence-electron chi connectivity index (χ2n) is 6.83. The number of nitrogens with zero attached hydrogens (tertiary/aromatic N) is 7. The Balaban J connectivity index is 1.35. The van der Waals surface area contributed by atoms with Crippen LogP contribution in [0, 0.1) is 6.92 Å². The first-order valence-corrected chi connectivity index (χ1v) is 8.93. The molecular weight excluding hydrogens is 314 g/mol. The van der Waals surface area contributed by atoms with Gasteiger partial charge in [0.15, 0.2) is 5.65 Å². The highest BCUT2D eigenvalue weighted by molar-refractivity contribution is 5.53. The van der Waals surface area contributed by atoms with Crippen LogP contribution >= 0.6 is 0 Å². The van der Waals surface area contributed by atoms with Crippen molar-refractivity contribution >= 4 is 17.3 Å². The van der Waals surface area contributed by atoms with E-state index in [1.165, 1.54) is 17.7 Å². The number of fused-ring (bicyclic) bond motifs is 2. The van der Waals surface area contributed by atoms with Crippen LogP contribution in [-0.4, -0.2) is 50.7 Å². The molecule has 1 aliphatic carbocycles. The molecule has 0 N–H and O–H groups in total. The number of hydrogen-bond donors (Lipinski definition) is 0. The molecule has 1 aliphatic heterocycles. The Morgan fingerprint density at radius 1 is 0.960 bits per heavy atom. The van der Waals surface area contributed by atoms with Crippen molar-refractivity contribution in [3.63, 3.8) is 0 Å². The molecule has 3 aromatic heterocycles. The summed E-state index contributed by atoms with van der Waals surface area (Å²) in [5.74, 6) is 2.16. The zero-order valence-corrected chi connectivity index (χ0v) is 14.4. The van der Waals surface area contributed by atoms with Crippen LogP contribution in [0.1, 0.15) is 23.4 Å². The molecule has 5 rings (SSSR count). The maximum absolute atomic E-state index is 4.71. The first-order chi connectivity index (χ1) is 12.3. The van der Waals surface area contributed by atoms with E-state index < -0.39 is 0 Å². The SMILES string of the molecule is Cc1cn2nc(N3CCN(c4ncnc5c4CCC5)CC3)ccc2n1. The molecule has 0 spiro atoms. The topological polar surface area (TPSA) is 62.5 Å². The van der Waals surface area contributed by atoms with E-state index in [9.17, 15) is 0 Å². The van der Waals surface area contributed by atoms with Crippen molar-refractivity contribution in [1.82, 2.24) is 24.6 Å². The van der Waals surface area contributed by atoms with E-state index in [-0.39, 0.29) is 0 Å². The number of aromatic nitrogens is 5. The van der Waals surface area contributed by atoms with Gasteiger partial charge in [0, 0.05) is 37.4 Å². The molecule has 25 heavy (non-hydrogen) atoms. The van der Waals surface area contributed by atoms with Gasteiger partial charge in [-0.3, -0.25) is 0 Å². The second-order valence-corrected chi connectivity index (χ2v) is 6.83. The molecule has 0 aromatic carbocycles. The Morgan fingerprint density at radius 2 is 1.80 bits per heavy atom. The third-order valence-electron chi connectivity index (χ3n) is 5.18. The van der Waals surface area contributed by atoms with Crippen molar-refractivity contribution in [3.05, 3.63) is 41.6 Å². The van der Waals surface area contributed by atoms with Crippen LogP contribution in [0.15, 0.2) is 24.7 Å². The van der Waals surface area contributed by atoms with E-state index in [0.717, 1.165) is 62.0 Å². The zero-order chi connectivity index (χ0) is 16.8. The standard InChI is InChI=1S/C18H21N7/c1-13-11-25-16(21-13)5-6-17(22-25)23-7-9-24(10-8-23)18-14-3-2-4-15(14)19-12-20-18/h5-6,11-12H,2-4,7-10H2,1H3. The van der Waals surface area contributed by atoms with Gasteiger partial charge in [-0.25, -0.2) is 19.5 Å². The predicted molar refractivity (Wildman–Crippen MR) is 96.2 cm³/mol. The molecule has 3 aromatic rings. The van der Waals surface area contributed by atoms with Gasteiger partial charge in [-0.1, -0.05) is 0 Å². The minimum absolute atomic E-state index is 0.899. The minimum Gasteiger partial charge on any atom is -0.353 e. The largest absolute Gasteiger partial charge is 0.353 e. The van der Waals surface area contributed by atoms with Crippen LogP contribution in [0.25, 0.3) is 5.65 Å². The van der Waals surface area contributed by atoms with Crippen LogP contribution in [0.4, 0.5) is 11.6 Å². The lowest BCUT2D eigenvalue weighted by Gasteiger charge is -2.36. The predicted octanol–water partition coefficient (Wildman–Crippen LogP) is 1.64. The smallest absolute Gasteiger partial charge is 0.153 e. The van der Waals surface area contributed by atoms with Crippen molar-refractivity contribution in [1.29, 1.82) is 0 Å². The van der Waals surface area contributed by atoms with Gasteiger partial charge in [-0.05, 0) is 38.3 Å². The van der Waals surface area contributed by atoms with Gasteiger partial charge >= 0.3 is 0 Å². The fourth-order valence-electron chi connectivity index (χ4n) is 3.92. The Labute approximate surface area is 146 Å². The lowest BCUT2D eigenvalue weighted by atomic mass is 10.2. The molecule has 1 fully saturated rings. The van der Waals surface area contributed by atoms with E-state index in [4.69, 9.17) is 5.10 Å². The van der Waals surface area contributed by atoms with Crippen molar-refractivity contribution in [2.75, 3.05) is 36.0 Å². The molecule has 0 amide bonds. The molecule has 128 valence electrons. The minimum atomic E-state index is 0.899. The molecule has 0 unspecified atom stereocenters. The Morgan fingerprint density at radius 3 is 2.68 bits per heavy atom. The van der Waals surface area contributed by atoms with Crippen molar-refractivity contribution in [2.24, 2.45) is 0 Å². The highest BCUT2D eigenvalue weighted by Crippen LogP contribution is 2.28. The van der Waals surface area contributed by atoms with E-state index >= 15 is 0 Å². The molecular formula is C18H21N7. The fraction of sp³-hybridized carbons (Fsp3) is 0.444. The highest BCUT2D eigenvalue weighted by atomic mass is 15.4. The third-order valence-corrected chi connectivity index (χ3v) is 5.18. The molecule has 0 atom stereocenters. The van der Waals surface area contributed by atoms with Gasteiger partial charge in [-0.2, -0.15) is 0 Å². The lowest BCUT2D eigenvalue weighted by molar-refractivity contribution is 0.633. The molecule has 7 heteroatoms. The fourth-order valence-corrected chi connectivity index (χ4v) is 3.92. The normalized spacial score (nSPS) is 17.3. The lowest BCUT2D eigenvalue weighted by Crippen LogP contribution is -2.47. The number of anilines is 2. The van der Waals surface area contributed by atoms with Crippen molar-refractivity contribution in [2.45, 2.75) is 26.2 Å². The average molecular weight is 335 g/mol. The van der Waals surface area contributed by atoms with Gasteiger partial charge in [0.05, 0.1) is 11.9 Å². The summed E-state index contributed by atoms with van der Waals surface area (Å²) in [4.78, 5) is 18.2. The van der Waals surface area contributed by atoms with E-state index in [2.05, 4.69) is 30.8 Å². The molecule has 0 saturated carbocycles. The third kappa shape index (κ3) is 2.50. The summed E-state index contributed by atoms with van der Waals surface area (Å²) < 4.78 is 1.87. The zero-order valence-electron chi connectivity index (χ0n) is 14.4. The maximum atomic E-state index is 4.71. The summed E-state index contributed by atoms with van der Waals surface area (Å²) >= 11 is 0. The number of imidazole rings is 1. The van der Waals surface area contributed by atoms with Crippen LogP contribution < -0.4 is 9.80 Å². The summed E-state index contributed by atoms with van der Waals surface area (Å²) in [6.45, 7) is 5.82. The molecule has 0 radical (unpaired) electrons. The van der Waals surface area contributed by atoms with Gasteiger partial charge in [0.25, 0.3) is 0 Å². The monoisotopic (exact) mass is 335 g/mol. The average Bonchev–Trinajstić information content (AvgIpc) is 3.26. The van der Waals surface area contributed by atoms with Gasteiger partial charge < -0.3 is 9.80 Å². The van der Waals surface area contributed by atoms with E-state index in [1.807, 2.05) is 23.7 Å². The van der Waals surface area contributed by atoms with Crippen LogP contribution in [0.3, 0.4) is 0 Å². The van der Waals surface area contributed by atoms with E-state index in [0.29, 0.717) is 0 Å². The van der Waals surface area contributed by atoms with Crippen LogP contribution in [-0.2, 0) is 12.8 Å². The Bertz CT molecular complexity index is 924. The quantitative estimate of drug-likeness (QED) is 0.709. The summed E-state index contributed by atoms with van der Waals surface area (Å²) in [6.07, 6.45) is 7.11. The second kappa shape index (κ2) is 5.68. The van der Waals surface area contributed by atoms with Crippen LogP contribution in [0.5, 0.6) is 0 Å².